The van der Waals surface area contributed by atoms with E-state index in [4.69, 9.17) is 0 Å². The Morgan fingerprint density at radius 1 is 1.17 bits per heavy atom. The number of nitrogens with zero attached hydrogens (tertiary/aromatic N) is 2. The van der Waals surface area contributed by atoms with Crippen molar-refractivity contribution in [2.75, 3.05) is 13.1 Å². The molecule has 2 fully saturated rings. The molecule has 23 heavy (non-hydrogen) atoms. The van der Waals surface area contributed by atoms with E-state index in [1.54, 1.807) is 6.20 Å². The SMILES string of the molecule is O=C1CCC2(CCN(C(=O)c3ccc4ncccc4c3)CC2)N1. The number of amides is 2. The summed E-state index contributed by atoms with van der Waals surface area (Å²) in [6.45, 7) is 1.40. The number of nitrogens with one attached hydrogen (secondary N) is 1. The number of benzene rings is 1. The standard InChI is InChI=1S/C18H19N3O2/c22-16-5-6-18(20-16)7-10-21(11-8-18)17(23)14-3-4-15-13(12-14)2-1-9-19-15/h1-4,9,12H,5-8,10-11H2,(H,20,22). The third-order valence-electron chi connectivity index (χ3n) is 5.09. The average Bonchev–Trinajstić information content (AvgIpc) is 2.95. The lowest BCUT2D eigenvalue weighted by Crippen LogP contribution is -2.52. The van der Waals surface area contributed by atoms with Crippen LogP contribution in [0.3, 0.4) is 0 Å². The number of piperidine rings is 1. The van der Waals surface area contributed by atoms with Crippen molar-refractivity contribution in [1.82, 2.24) is 15.2 Å². The van der Waals surface area contributed by atoms with E-state index in [1.807, 2.05) is 35.2 Å². The van der Waals surface area contributed by atoms with Gasteiger partial charge in [0, 0.05) is 42.2 Å². The monoisotopic (exact) mass is 309 g/mol. The fourth-order valence-electron chi connectivity index (χ4n) is 3.68. The predicted octanol–water partition coefficient (Wildman–Crippen LogP) is 2.12. The first-order chi connectivity index (χ1) is 11.2. The number of rotatable bonds is 1. The van der Waals surface area contributed by atoms with Gasteiger partial charge in [-0.15, -0.1) is 0 Å². The van der Waals surface area contributed by atoms with E-state index >= 15 is 0 Å². The Morgan fingerprint density at radius 2 is 2.00 bits per heavy atom. The van der Waals surface area contributed by atoms with Crippen LogP contribution in [0.2, 0.25) is 0 Å². The first-order valence-corrected chi connectivity index (χ1v) is 8.10. The summed E-state index contributed by atoms with van der Waals surface area (Å²) in [5.41, 5.74) is 1.54. The number of hydrogen-bond acceptors (Lipinski definition) is 3. The highest BCUT2D eigenvalue weighted by Crippen LogP contribution is 2.31. The molecule has 2 amide bonds. The van der Waals surface area contributed by atoms with Crippen LogP contribution >= 0.6 is 0 Å². The zero-order valence-corrected chi connectivity index (χ0v) is 12.9. The van der Waals surface area contributed by atoms with E-state index in [9.17, 15) is 9.59 Å². The molecule has 0 saturated carbocycles. The van der Waals surface area contributed by atoms with E-state index in [0.717, 1.165) is 30.2 Å². The number of carbonyl (C=O) groups is 2. The van der Waals surface area contributed by atoms with E-state index < -0.39 is 0 Å². The van der Waals surface area contributed by atoms with Gasteiger partial charge in [-0.3, -0.25) is 14.6 Å². The maximum atomic E-state index is 12.7. The first-order valence-electron chi connectivity index (χ1n) is 8.10. The highest BCUT2D eigenvalue weighted by atomic mass is 16.2. The second-order valence-corrected chi connectivity index (χ2v) is 6.53. The lowest BCUT2D eigenvalue weighted by Gasteiger charge is -2.39. The summed E-state index contributed by atoms with van der Waals surface area (Å²) in [7, 11) is 0. The van der Waals surface area contributed by atoms with Crippen LogP contribution in [0.25, 0.3) is 10.9 Å². The Hall–Kier alpha value is -2.43. The molecule has 1 aromatic heterocycles. The highest BCUT2D eigenvalue weighted by Gasteiger charge is 2.41. The molecule has 5 nitrogen and oxygen atoms in total. The van der Waals surface area contributed by atoms with Crippen LogP contribution < -0.4 is 5.32 Å². The third kappa shape index (κ3) is 2.56. The van der Waals surface area contributed by atoms with Crippen LogP contribution in [-0.2, 0) is 4.79 Å². The molecule has 4 rings (SSSR count). The molecule has 5 heteroatoms. The van der Waals surface area contributed by atoms with Crippen LogP contribution in [-0.4, -0.2) is 40.3 Å². The molecule has 3 heterocycles. The number of hydrogen-bond donors (Lipinski definition) is 1. The van der Waals surface area contributed by atoms with Crippen LogP contribution in [0.4, 0.5) is 0 Å². The molecule has 2 aliphatic heterocycles. The molecule has 0 bridgehead atoms. The van der Waals surface area contributed by atoms with Crippen molar-refractivity contribution in [3.8, 4) is 0 Å². The zero-order valence-electron chi connectivity index (χ0n) is 12.9. The van der Waals surface area contributed by atoms with Crippen molar-refractivity contribution in [3.63, 3.8) is 0 Å². The Balaban J connectivity index is 1.50. The molecule has 2 saturated heterocycles. The quantitative estimate of drug-likeness (QED) is 0.877. The molecule has 1 aromatic carbocycles. The maximum Gasteiger partial charge on any atom is 0.253 e. The maximum absolute atomic E-state index is 12.7. The van der Waals surface area contributed by atoms with Gasteiger partial charge in [-0.1, -0.05) is 6.07 Å². The van der Waals surface area contributed by atoms with Gasteiger partial charge in [0.25, 0.3) is 5.91 Å². The lowest BCUT2D eigenvalue weighted by atomic mass is 9.86. The Bertz CT molecular complexity index is 779. The van der Waals surface area contributed by atoms with Crippen LogP contribution in [0.5, 0.6) is 0 Å². The second-order valence-electron chi connectivity index (χ2n) is 6.53. The molecular formula is C18H19N3O2. The molecule has 0 unspecified atom stereocenters. The van der Waals surface area contributed by atoms with Gasteiger partial charge in [-0.25, -0.2) is 0 Å². The van der Waals surface area contributed by atoms with Crippen molar-refractivity contribution in [2.24, 2.45) is 0 Å². The van der Waals surface area contributed by atoms with Gasteiger partial charge in [0.1, 0.15) is 0 Å². The van der Waals surface area contributed by atoms with E-state index in [1.165, 1.54) is 0 Å². The van der Waals surface area contributed by atoms with Gasteiger partial charge in [-0.05, 0) is 43.5 Å². The molecule has 1 N–H and O–H groups in total. The van der Waals surface area contributed by atoms with E-state index in [0.29, 0.717) is 25.1 Å². The summed E-state index contributed by atoms with van der Waals surface area (Å²) in [6.07, 6.45) is 4.96. The molecule has 0 radical (unpaired) electrons. The number of carbonyl (C=O) groups excluding carboxylic acids is 2. The Labute approximate surface area is 134 Å². The largest absolute Gasteiger partial charge is 0.351 e. The summed E-state index contributed by atoms with van der Waals surface area (Å²) in [6, 6.07) is 9.50. The molecule has 0 atom stereocenters. The first kappa shape index (κ1) is 14.2. The third-order valence-corrected chi connectivity index (χ3v) is 5.09. The minimum atomic E-state index is -0.0683. The number of aromatic nitrogens is 1. The number of likely N-dealkylation sites (tertiary alicyclic amines) is 1. The van der Waals surface area contributed by atoms with Crippen molar-refractivity contribution in [3.05, 3.63) is 42.1 Å². The molecule has 0 aliphatic carbocycles. The van der Waals surface area contributed by atoms with Crippen molar-refractivity contribution >= 4 is 22.7 Å². The summed E-state index contributed by atoms with van der Waals surface area (Å²) in [5.74, 6) is 0.210. The van der Waals surface area contributed by atoms with Crippen molar-refractivity contribution in [2.45, 2.75) is 31.2 Å². The second kappa shape index (κ2) is 5.33. The van der Waals surface area contributed by atoms with Crippen molar-refractivity contribution < 1.29 is 9.59 Å². The highest BCUT2D eigenvalue weighted by molar-refractivity contribution is 5.98. The zero-order chi connectivity index (χ0) is 15.9. The molecule has 1 spiro atoms. The number of fused-ring (bicyclic) bond motifs is 1. The Kier molecular flexibility index (Phi) is 3.29. The average molecular weight is 309 g/mol. The smallest absolute Gasteiger partial charge is 0.253 e. The van der Waals surface area contributed by atoms with Gasteiger partial charge in [-0.2, -0.15) is 0 Å². The molecule has 2 aromatic rings. The van der Waals surface area contributed by atoms with Gasteiger partial charge in [0.15, 0.2) is 0 Å². The normalized spacial score (nSPS) is 20.0. The van der Waals surface area contributed by atoms with Gasteiger partial charge in [0.2, 0.25) is 5.91 Å². The van der Waals surface area contributed by atoms with Crippen LogP contribution in [0.1, 0.15) is 36.0 Å². The van der Waals surface area contributed by atoms with E-state index in [2.05, 4.69) is 10.3 Å². The molecular weight excluding hydrogens is 290 g/mol. The molecule has 2 aliphatic rings. The summed E-state index contributed by atoms with van der Waals surface area (Å²) in [5, 5.41) is 4.09. The number of pyridine rings is 1. The lowest BCUT2D eigenvalue weighted by molar-refractivity contribution is -0.120. The van der Waals surface area contributed by atoms with Gasteiger partial charge in [0.05, 0.1) is 5.52 Å². The van der Waals surface area contributed by atoms with Gasteiger partial charge < -0.3 is 10.2 Å². The predicted molar refractivity (Wildman–Crippen MR) is 87.0 cm³/mol. The summed E-state index contributed by atoms with van der Waals surface area (Å²) in [4.78, 5) is 30.4. The summed E-state index contributed by atoms with van der Waals surface area (Å²) < 4.78 is 0. The fraction of sp³-hybridized carbons (Fsp3) is 0.389. The van der Waals surface area contributed by atoms with E-state index in [-0.39, 0.29) is 17.4 Å². The van der Waals surface area contributed by atoms with Crippen LogP contribution in [0.15, 0.2) is 36.5 Å². The topological polar surface area (TPSA) is 62.3 Å². The molecule has 118 valence electrons. The minimum absolute atomic E-state index is 0.0647. The van der Waals surface area contributed by atoms with Gasteiger partial charge >= 0.3 is 0 Å². The minimum Gasteiger partial charge on any atom is -0.351 e. The summed E-state index contributed by atoms with van der Waals surface area (Å²) >= 11 is 0. The van der Waals surface area contributed by atoms with Crippen molar-refractivity contribution in [1.29, 1.82) is 0 Å². The fourth-order valence-corrected chi connectivity index (χ4v) is 3.68. The Morgan fingerprint density at radius 3 is 2.74 bits per heavy atom. The van der Waals surface area contributed by atoms with Crippen LogP contribution in [0, 0.1) is 0 Å².